The van der Waals surface area contributed by atoms with Crippen molar-refractivity contribution in [3.8, 4) is 10.4 Å². The summed E-state index contributed by atoms with van der Waals surface area (Å²) in [7, 11) is 1.36. The first-order valence-corrected chi connectivity index (χ1v) is 7.22. The van der Waals surface area contributed by atoms with Gasteiger partial charge in [-0.25, -0.2) is 4.79 Å². The summed E-state index contributed by atoms with van der Waals surface area (Å²) in [5.74, 6) is -0.403. The zero-order valence-electron chi connectivity index (χ0n) is 10.7. The van der Waals surface area contributed by atoms with Crippen LogP contribution in [0.15, 0.2) is 42.5 Å². The number of hydrogen-bond acceptors (Lipinski definition) is 4. The van der Waals surface area contributed by atoms with Gasteiger partial charge in [0.1, 0.15) is 5.69 Å². The summed E-state index contributed by atoms with van der Waals surface area (Å²) in [5.41, 5.74) is 1.40. The standard InChI is InChI=1S/C15H11NO2S2/c1-18-14(17)12-13(20-15(19)16-12)11-8-4-6-9-5-2-3-7-10(9)11/h2-8H,1H3,(H,16,19). The maximum Gasteiger partial charge on any atom is 0.356 e. The van der Waals surface area contributed by atoms with E-state index in [9.17, 15) is 4.79 Å². The largest absolute Gasteiger partial charge is 0.464 e. The van der Waals surface area contributed by atoms with Crippen LogP contribution in [0.4, 0.5) is 0 Å². The second kappa shape index (κ2) is 5.19. The highest BCUT2D eigenvalue weighted by molar-refractivity contribution is 7.73. The molecule has 1 aromatic heterocycles. The van der Waals surface area contributed by atoms with E-state index < -0.39 is 5.97 Å². The molecule has 5 heteroatoms. The van der Waals surface area contributed by atoms with Crippen LogP contribution in [0.5, 0.6) is 0 Å². The molecule has 0 saturated heterocycles. The van der Waals surface area contributed by atoms with Crippen LogP contribution in [-0.4, -0.2) is 18.1 Å². The van der Waals surface area contributed by atoms with Crippen molar-refractivity contribution < 1.29 is 9.53 Å². The molecule has 0 radical (unpaired) electrons. The SMILES string of the molecule is COC(=O)c1[nH]c(=S)sc1-c1cccc2ccccc12. The van der Waals surface area contributed by atoms with Crippen molar-refractivity contribution in [2.45, 2.75) is 0 Å². The van der Waals surface area contributed by atoms with Gasteiger partial charge in [0, 0.05) is 5.56 Å². The van der Waals surface area contributed by atoms with E-state index in [1.165, 1.54) is 18.4 Å². The smallest absolute Gasteiger partial charge is 0.356 e. The van der Waals surface area contributed by atoms with Crippen LogP contribution in [0.2, 0.25) is 0 Å². The van der Waals surface area contributed by atoms with Crippen LogP contribution in [-0.2, 0) is 4.74 Å². The van der Waals surface area contributed by atoms with Gasteiger partial charge in [-0.2, -0.15) is 0 Å². The summed E-state index contributed by atoms with van der Waals surface area (Å²) in [6.45, 7) is 0. The van der Waals surface area contributed by atoms with Gasteiger partial charge in [0.15, 0.2) is 3.95 Å². The van der Waals surface area contributed by atoms with Gasteiger partial charge in [0.05, 0.1) is 12.0 Å². The Bertz CT molecular complexity index is 843. The third-order valence-electron chi connectivity index (χ3n) is 3.07. The monoisotopic (exact) mass is 301 g/mol. The van der Waals surface area contributed by atoms with Crippen molar-refractivity contribution in [3.63, 3.8) is 0 Å². The van der Waals surface area contributed by atoms with Gasteiger partial charge in [-0.3, -0.25) is 0 Å². The Morgan fingerprint density at radius 3 is 2.75 bits per heavy atom. The molecule has 3 rings (SSSR count). The number of aromatic nitrogens is 1. The number of carbonyl (C=O) groups excluding carboxylic acids is 1. The van der Waals surface area contributed by atoms with Crippen LogP contribution in [0.25, 0.3) is 21.2 Å². The number of nitrogens with one attached hydrogen (secondary N) is 1. The molecular weight excluding hydrogens is 290 g/mol. The summed E-state index contributed by atoms with van der Waals surface area (Å²) in [5, 5.41) is 2.21. The second-order valence-electron chi connectivity index (χ2n) is 4.24. The average molecular weight is 301 g/mol. The molecule has 0 fully saturated rings. The minimum atomic E-state index is -0.403. The second-order valence-corrected chi connectivity index (χ2v) is 5.92. The lowest BCUT2D eigenvalue weighted by molar-refractivity contribution is 0.0596. The maximum absolute atomic E-state index is 11.9. The average Bonchev–Trinajstić information content (AvgIpc) is 2.87. The minimum Gasteiger partial charge on any atom is -0.464 e. The first-order valence-electron chi connectivity index (χ1n) is 6.00. The highest BCUT2D eigenvalue weighted by Crippen LogP contribution is 2.34. The lowest BCUT2D eigenvalue weighted by Crippen LogP contribution is -2.03. The molecule has 100 valence electrons. The molecular formula is C15H11NO2S2. The van der Waals surface area contributed by atoms with E-state index in [1.54, 1.807) is 0 Å². The summed E-state index contributed by atoms with van der Waals surface area (Å²) in [6.07, 6.45) is 0. The Kier molecular flexibility index (Phi) is 3.38. The lowest BCUT2D eigenvalue weighted by atomic mass is 10.0. The van der Waals surface area contributed by atoms with Gasteiger partial charge < -0.3 is 9.72 Å². The molecule has 0 atom stereocenters. The highest BCUT2D eigenvalue weighted by atomic mass is 32.1. The Balaban J connectivity index is 2.31. The third kappa shape index (κ3) is 2.15. The van der Waals surface area contributed by atoms with Gasteiger partial charge in [0.2, 0.25) is 0 Å². The maximum atomic E-state index is 11.9. The Morgan fingerprint density at radius 2 is 1.95 bits per heavy atom. The van der Waals surface area contributed by atoms with Crippen molar-refractivity contribution in [2.75, 3.05) is 7.11 Å². The molecule has 0 aliphatic carbocycles. The van der Waals surface area contributed by atoms with Gasteiger partial charge >= 0.3 is 5.97 Å². The van der Waals surface area contributed by atoms with Crippen molar-refractivity contribution in [1.29, 1.82) is 0 Å². The van der Waals surface area contributed by atoms with E-state index in [0.717, 1.165) is 21.2 Å². The number of methoxy groups -OCH3 is 1. The number of ether oxygens (including phenoxy) is 1. The molecule has 3 aromatic rings. The fourth-order valence-corrected chi connectivity index (χ4v) is 3.40. The fraction of sp³-hybridized carbons (Fsp3) is 0.0667. The van der Waals surface area contributed by atoms with E-state index in [4.69, 9.17) is 17.0 Å². The topological polar surface area (TPSA) is 42.1 Å². The van der Waals surface area contributed by atoms with Crippen LogP contribution in [0.3, 0.4) is 0 Å². The third-order valence-corrected chi connectivity index (χ3v) is 4.34. The Morgan fingerprint density at radius 1 is 1.20 bits per heavy atom. The van der Waals surface area contributed by atoms with Gasteiger partial charge in [0.25, 0.3) is 0 Å². The number of fused-ring (bicyclic) bond motifs is 1. The molecule has 20 heavy (non-hydrogen) atoms. The zero-order chi connectivity index (χ0) is 14.1. The highest BCUT2D eigenvalue weighted by Gasteiger charge is 2.18. The first kappa shape index (κ1) is 13.0. The molecule has 1 heterocycles. The van der Waals surface area contributed by atoms with E-state index >= 15 is 0 Å². The summed E-state index contributed by atoms with van der Waals surface area (Å²) < 4.78 is 5.38. The Labute approximate surface area is 124 Å². The summed E-state index contributed by atoms with van der Waals surface area (Å²) in [6, 6.07) is 14.1. The van der Waals surface area contributed by atoms with Crippen LogP contribution in [0.1, 0.15) is 10.5 Å². The fourth-order valence-electron chi connectivity index (χ4n) is 2.19. The van der Waals surface area contributed by atoms with Gasteiger partial charge in [-0.1, -0.05) is 42.5 Å². The summed E-state index contributed by atoms with van der Waals surface area (Å²) in [4.78, 5) is 15.6. The van der Waals surface area contributed by atoms with E-state index in [0.29, 0.717) is 9.65 Å². The van der Waals surface area contributed by atoms with E-state index in [2.05, 4.69) is 4.98 Å². The van der Waals surface area contributed by atoms with Crippen LogP contribution < -0.4 is 0 Å². The predicted octanol–water partition coefficient (Wildman–Crippen LogP) is 4.41. The van der Waals surface area contributed by atoms with Gasteiger partial charge in [-0.05, 0) is 23.0 Å². The number of hydrogen-bond donors (Lipinski definition) is 1. The molecule has 0 bridgehead atoms. The quantitative estimate of drug-likeness (QED) is 0.563. The van der Waals surface area contributed by atoms with Crippen molar-refractivity contribution in [1.82, 2.24) is 4.98 Å². The van der Waals surface area contributed by atoms with E-state index in [-0.39, 0.29) is 0 Å². The zero-order valence-corrected chi connectivity index (χ0v) is 12.3. The number of H-pyrrole nitrogens is 1. The van der Waals surface area contributed by atoms with Gasteiger partial charge in [-0.15, -0.1) is 11.3 Å². The molecule has 0 spiro atoms. The van der Waals surface area contributed by atoms with Crippen LogP contribution in [0, 0.1) is 3.95 Å². The number of thiazole rings is 1. The Hall–Kier alpha value is -1.98. The number of rotatable bonds is 2. The molecule has 0 aliphatic rings. The minimum absolute atomic E-state index is 0.403. The van der Waals surface area contributed by atoms with Crippen molar-refractivity contribution >= 4 is 40.3 Å². The van der Waals surface area contributed by atoms with Crippen molar-refractivity contribution in [2.24, 2.45) is 0 Å². The van der Waals surface area contributed by atoms with Crippen molar-refractivity contribution in [3.05, 3.63) is 52.1 Å². The normalized spacial score (nSPS) is 10.7. The molecule has 0 saturated carbocycles. The summed E-state index contributed by atoms with van der Waals surface area (Å²) >= 11 is 6.55. The number of benzene rings is 2. The van der Waals surface area contributed by atoms with E-state index in [1.807, 2.05) is 42.5 Å². The molecule has 3 nitrogen and oxygen atoms in total. The number of esters is 1. The molecule has 0 aliphatic heterocycles. The molecule has 1 N–H and O–H groups in total. The number of carbonyl (C=O) groups is 1. The molecule has 0 unspecified atom stereocenters. The van der Waals surface area contributed by atoms with Crippen LogP contribution >= 0.6 is 23.6 Å². The number of aromatic amines is 1. The molecule has 0 amide bonds. The molecule has 2 aromatic carbocycles. The predicted molar refractivity (Wildman–Crippen MR) is 83.8 cm³/mol. The lowest BCUT2D eigenvalue weighted by Gasteiger charge is -2.06. The first-order chi connectivity index (χ1) is 9.70.